The fourth-order valence-corrected chi connectivity index (χ4v) is 1.92. The fraction of sp³-hybridized carbons (Fsp3) is 0.400. The molecular weight excluding hydrogens is 241 g/mol. The Morgan fingerprint density at radius 1 is 1.21 bits per heavy atom. The number of rotatable bonds is 5. The molecule has 1 heterocycles. The van der Waals surface area contributed by atoms with E-state index in [0.717, 1.165) is 30.0 Å². The Hall–Kier alpha value is -1.68. The number of aromatic nitrogens is 2. The maximum atomic E-state index is 12.8. The van der Waals surface area contributed by atoms with E-state index in [4.69, 9.17) is 0 Å². The highest BCUT2D eigenvalue weighted by Gasteiger charge is 2.07. The highest BCUT2D eigenvalue weighted by molar-refractivity contribution is 5.16. The lowest BCUT2D eigenvalue weighted by atomic mass is 10.1. The van der Waals surface area contributed by atoms with Crippen LogP contribution in [0.5, 0.6) is 0 Å². The first-order valence-corrected chi connectivity index (χ1v) is 6.54. The predicted octanol–water partition coefficient (Wildman–Crippen LogP) is 2.97. The molecule has 0 fully saturated rings. The van der Waals surface area contributed by atoms with Crippen molar-refractivity contribution in [3.8, 4) is 0 Å². The summed E-state index contributed by atoms with van der Waals surface area (Å²) in [5.41, 5.74) is 3.35. The second kappa shape index (κ2) is 5.97. The summed E-state index contributed by atoms with van der Waals surface area (Å²) < 4.78 is 14.7. The van der Waals surface area contributed by atoms with Crippen molar-refractivity contribution >= 4 is 0 Å². The van der Waals surface area contributed by atoms with Crippen molar-refractivity contribution in [3.63, 3.8) is 0 Å². The monoisotopic (exact) mass is 261 g/mol. The van der Waals surface area contributed by atoms with Gasteiger partial charge in [-0.05, 0) is 29.7 Å². The van der Waals surface area contributed by atoms with Gasteiger partial charge in [-0.2, -0.15) is 5.10 Å². The Labute approximate surface area is 113 Å². The van der Waals surface area contributed by atoms with Gasteiger partial charge < -0.3 is 5.32 Å². The van der Waals surface area contributed by atoms with E-state index >= 15 is 0 Å². The van der Waals surface area contributed by atoms with Crippen molar-refractivity contribution < 1.29 is 4.39 Å². The SMILES string of the molecule is CC(C)c1cc(CNCc2ccc(F)cc2)n(C)n1. The van der Waals surface area contributed by atoms with E-state index in [1.807, 2.05) is 11.7 Å². The van der Waals surface area contributed by atoms with Gasteiger partial charge in [-0.1, -0.05) is 26.0 Å². The van der Waals surface area contributed by atoms with E-state index < -0.39 is 0 Å². The van der Waals surface area contributed by atoms with Crippen LogP contribution in [0.15, 0.2) is 30.3 Å². The molecule has 0 aliphatic heterocycles. The van der Waals surface area contributed by atoms with Crippen LogP contribution in [0.4, 0.5) is 4.39 Å². The van der Waals surface area contributed by atoms with E-state index in [1.165, 1.54) is 12.1 Å². The van der Waals surface area contributed by atoms with Crippen molar-refractivity contribution in [2.45, 2.75) is 32.9 Å². The molecule has 0 aliphatic carbocycles. The van der Waals surface area contributed by atoms with E-state index in [9.17, 15) is 4.39 Å². The number of benzene rings is 1. The van der Waals surface area contributed by atoms with Crippen LogP contribution in [0.2, 0.25) is 0 Å². The summed E-state index contributed by atoms with van der Waals surface area (Å²) >= 11 is 0. The number of nitrogens with one attached hydrogen (secondary N) is 1. The Morgan fingerprint density at radius 3 is 2.47 bits per heavy atom. The van der Waals surface area contributed by atoms with Crippen LogP contribution in [0.1, 0.15) is 36.7 Å². The topological polar surface area (TPSA) is 29.9 Å². The van der Waals surface area contributed by atoms with Crippen molar-refractivity contribution in [3.05, 3.63) is 53.1 Å². The number of hydrogen-bond donors (Lipinski definition) is 1. The molecule has 19 heavy (non-hydrogen) atoms. The molecule has 4 heteroatoms. The quantitative estimate of drug-likeness (QED) is 0.896. The van der Waals surface area contributed by atoms with Gasteiger partial charge in [0.1, 0.15) is 5.82 Å². The van der Waals surface area contributed by atoms with Gasteiger partial charge in [0, 0.05) is 20.1 Å². The lowest BCUT2D eigenvalue weighted by Crippen LogP contribution is -2.15. The smallest absolute Gasteiger partial charge is 0.123 e. The third kappa shape index (κ3) is 3.64. The fourth-order valence-electron chi connectivity index (χ4n) is 1.92. The zero-order chi connectivity index (χ0) is 13.8. The van der Waals surface area contributed by atoms with Crippen LogP contribution < -0.4 is 5.32 Å². The second-order valence-electron chi connectivity index (χ2n) is 5.07. The minimum Gasteiger partial charge on any atom is -0.307 e. The summed E-state index contributed by atoms with van der Waals surface area (Å²) in [7, 11) is 1.96. The molecule has 0 saturated heterocycles. The highest BCUT2D eigenvalue weighted by Crippen LogP contribution is 2.13. The van der Waals surface area contributed by atoms with Crippen LogP contribution in [0.3, 0.4) is 0 Å². The molecule has 0 unspecified atom stereocenters. The Kier molecular flexibility index (Phi) is 4.32. The molecule has 0 bridgehead atoms. The van der Waals surface area contributed by atoms with Gasteiger partial charge in [0.05, 0.1) is 11.4 Å². The molecule has 0 spiro atoms. The molecule has 3 nitrogen and oxygen atoms in total. The van der Waals surface area contributed by atoms with Crippen molar-refractivity contribution in [1.82, 2.24) is 15.1 Å². The Balaban J connectivity index is 1.90. The first-order chi connectivity index (χ1) is 9.06. The second-order valence-corrected chi connectivity index (χ2v) is 5.07. The first-order valence-electron chi connectivity index (χ1n) is 6.54. The van der Waals surface area contributed by atoms with Gasteiger partial charge in [-0.25, -0.2) is 4.39 Å². The molecule has 1 aromatic carbocycles. The molecule has 1 aromatic heterocycles. The summed E-state index contributed by atoms with van der Waals surface area (Å²) in [6, 6.07) is 8.69. The Morgan fingerprint density at radius 2 is 1.89 bits per heavy atom. The normalized spacial score (nSPS) is 11.2. The van der Waals surface area contributed by atoms with Gasteiger partial charge in [0.2, 0.25) is 0 Å². The van der Waals surface area contributed by atoms with Crippen LogP contribution in [-0.2, 0) is 20.1 Å². The average Bonchev–Trinajstić information content (AvgIpc) is 2.74. The van der Waals surface area contributed by atoms with Gasteiger partial charge in [0.25, 0.3) is 0 Å². The summed E-state index contributed by atoms with van der Waals surface area (Å²) in [4.78, 5) is 0. The molecule has 2 rings (SSSR count). The third-order valence-electron chi connectivity index (χ3n) is 3.14. The molecule has 0 saturated carbocycles. The highest BCUT2D eigenvalue weighted by atomic mass is 19.1. The minimum atomic E-state index is -0.197. The summed E-state index contributed by atoms with van der Waals surface area (Å²) in [5.74, 6) is 0.244. The largest absolute Gasteiger partial charge is 0.307 e. The molecule has 102 valence electrons. The van der Waals surface area contributed by atoms with Gasteiger partial charge in [0.15, 0.2) is 0 Å². The van der Waals surface area contributed by atoms with Gasteiger partial charge >= 0.3 is 0 Å². The number of nitrogens with zero attached hydrogens (tertiary/aromatic N) is 2. The van der Waals surface area contributed by atoms with E-state index in [0.29, 0.717) is 5.92 Å². The summed E-state index contributed by atoms with van der Waals surface area (Å²) in [6.45, 7) is 5.76. The molecule has 0 radical (unpaired) electrons. The number of hydrogen-bond acceptors (Lipinski definition) is 2. The van der Waals surface area contributed by atoms with E-state index in [-0.39, 0.29) is 5.82 Å². The molecule has 0 atom stereocenters. The predicted molar refractivity (Wildman–Crippen MR) is 74.2 cm³/mol. The molecule has 0 amide bonds. The van der Waals surface area contributed by atoms with E-state index in [2.05, 4.69) is 30.3 Å². The summed E-state index contributed by atoms with van der Waals surface area (Å²) in [6.07, 6.45) is 0. The minimum absolute atomic E-state index is 0.197. The Bertz CT molecular complexity index is 529. The van der Waals surface area contributed by atoms with Crippen LogP contribution in [-0.4, -0.2) is 9.78 Å². The maximum absolute atomic E-state index is 12.8. The molecular formula is C15H20FN3. The maximum Gasteiger partial charge on any atom is 0.123 e. The van der Waals surface area contributed by atoms with Gasteiger partial charge in [-0.3, -0.25) is 4.68 Å². The number of aryl methyl sites for hydroxylation is 1. The zero-order valence-corrected chi connectivity index (χ0v) is 11.7. The van der Waals surface area contributed by atoms with Gasteiger partial charge in [-0.15, -0.1) is 0 Å². The summed E-state index contributed by atoms with van der Waals surface area (Å²) in [5, 5.41) is 7.82. The molecule has 1 N–H and O–H groups in total. The van der Waals surface area contributed by atoms with E-state index in [1.54, 1.807) is 12.1 Å². The van der Waals surface area contributed by atoms with Crippen molar-refractivity contribution in [2.75, 3.05) is 0 Å². The first kappa shape index (κ1) is 13.7. The third-order valence-corrected chi connectivity index (χ3v) is 3.14. The lowest BCUT2D eigenvalue weighted by molar-refractivity contribution is 0.614. The van der Waals surface area contributed by atoms with Crippen molar-refractivity contribution in [2.24, 2.45) is 7.05 Å². The van der Waals surface area contributed by atoms with Crippen LogP contribution in [0, 0.1) is 5.82 Å². The lowest BCUT2D eigenvalue weighted by Gasteiger charge is -2.05. The van der Waals surface area contributed by atoms with Crippen LogP contribution in [0.25, 0.3) is 0 Å². The standard InChI is InChI=1S/C15H20FN3/c1-11(2)15-8-14(19(3)18-15)10-17-9-12-4-6-13(16)7-5-12/h4-8,11,17H,9-10H2,1-3H3. The molecule has 0 aliphatic rings. The molecule has 2 aromatic rings. The average molecular weight is 261 g/mol. The van der Waals surface area contributed by atoms with Crippen molar-refractivity contribution in [1.29, 1.82) is 0 Å². The number of halogens is 1. The van der Waals surface area contributed by atoms with Crippen LogP contribution >= 0.6 is 0 Å². The zero-order valence-electron chi connectivity index (χ0n) is 11.7.